The lowest BCUT2D eigenvalue weighted by Gasteiger charge is -2.15. The number of alkyl halides is 6. The Kier molecular flexibility index (Phi) is 9.23. The summed E-state index contributed by atoms with van der Waals surface area (Å²) in [6.07, 6.45) is -9.14. The van der Waals surface area contributed by atoms with Crippen molar-refractivity contribution in [3.8, 4) is 11.5 Å². The van der Waals surface area contributed by atoms with E-state index >= 15 is 0 Å². The van der Waals surface area contributed by atoms with Crippen molar-refractivity contribution in [3.05, 3.63) is 87.5 Å². The van der Waals surface area contributed by atoms with Crippen LogP contribution in [0.2, 0.25) is 0 Å². The summed E-state index contributed by atoms with van der Waals surface area (Å²) in [5, 5.41) is 2.39. The fraction of sp³-hybridized carbons (Fsp3) is 0.250. The van der Waals surface area contributed by atoms with E-state index in [1.807, 2.05) is 0 Å². The number of anilines is 1. The number of amides is 1. The molecular weight excluding hydrogens is 607 g/mol. The van der Waals surface area contributed by atoms with E-state index in [2.05, 4.69) is 10.3 Å². The number of halogens is 7. The van der Waals surface area contributed by atoms with Gasteiger partial charge in [0.1, 0.15) is 5.82 Å². The molecule has 0 saturated carbocycles. The predicted molar refractivity (Wildman–Crippen MR) is 145 cm³/mol. The Labute approximate surface area is 243 Å². The molecule has 0 spiro atoms. The molecule has 1 aromatic heterocycles. The lowest BCUT2D eigenvalue weighted by molar-refractivity contribution is -0.138. The SMILES string of the molecule is COc1cc2nc(SCC(=O)Nc3ccc(C(F)(F)F)cc3F)n(CCc3ccc(C(F)(F)F)cc3)c(=O)c2cc1OC. The number of benzene rings is 3. The van der Waals surface area contributed by atoms with Crippen molar-refractivity contribution in [1.29, 1.82) is 0 Å². The van der Waals surface area contributed by atoms with Crippen molar-refractivity contribution in [1.82, 2.24) is 9.55 Å². The predicted octanol–water partition coefficient (Wildman–Crippen LogP) is 6.56. The average molecular weight is 630 g/mol. The first-order chi connectivity index (χ1) is 20.2. The Morgan fingerprint density at radius 2 is 1.51 bits per heavy atom. The van der Waals surface area contributed by atoms with E-state index in [1.54, 1.807) is 0 Å². The van der Waals surface area contributed by atoms with Crippen molar-refractivity contribution >= 4 is 34.3 Å². The molecule has 0 saturated heterocycles. The molecule has 0 aliphatic carbocycles. The molecule has 0 atom stereocenters. The van der Waals surface area contributed by atoms with Gasteiger partial charge in [-0.15, -0.1) is 0 Å². The smallest absolute Gasteiger partial charge is 0.416 e. The van der Waals surface area contributed by atoms with Crippen LogP contribution in [0.5, 0.6) is 11.5 Å². The molecule has 0 aliphatic rings. The van der Waals surface area contributed by atoms with Gasteiger partial charge in [-0.05, 0) is 48.4 Å². The van der Waals surface area contributed by atoms with E-state index in [0.29, 0.717) is 11.6 Å². The molecule has 0 radical (unpaired) electrons. The molecule has 43 heavy (non-hydrogen) atoms. The number of hydrogen-bond acceptors (Lipinski definition) is 6. The lowest BCUT2D eigenvalue weighted by atomic mass is 10.1. The van der Waals surface area contributed by atoms with Crippen LogP contribution in [0.3, 0.4) is 0 Å². The molecule has 228 valence electrons. The van der Waals surface area contributed by atoms with Crippen molar-refractivity contribution in [2.24, 2.45) is 0 Å². The molecule has 0 bridgehead atoms. The number of aromatic nitrogens is 2. The van der Waals surface area contributed by atoms with E-state index in [1.165, 1.54) is 43.1 Å². The first-order valence-electron chi connectivity index (χ1n) is 12.3. The van der Waals surface area contributed by atoms with Crippen LogP contribution in [-0.2, 0) is 30.1 Å². The number of rotatable bonds is 9. The van der Waals surface area contributed by atoms with E-state index in [0.717, 1.165) is 30.0 Å². The highest BCUT2D eigenvalue weighted by molar-refractivity contribution is 7.99. The highest BCUT2D eigenvalue weighted by Gasteiger charge is 2.31. The molecule has 4 aromatic rings. The molecular formula is C28H22F7N3O4S. The number of nitrogens with zero attached hydrogens (tertiary/aromatic N) is 2. The monoisotopic (exact) mass is 629 g/mol. The van der Waals surface area contributed by atoms with Gasteiger partial charge in [0.2, 0.25) is 5.91 Å². The molecule has 0 fully saturated rings. The Morgan fingerprint density at radius 1 is 0.907 bits per heavy atom. The Hall–Kier alpha value is -4.27. The van der Waals surface area contributed by atoms with E-state index in [4.69, 9.17) is 9.47 Å². The summed E-state index contributed by atoms with van der Waals surface area (Å²) in [7, 11) is 2.76. The fourth-order valence-corrected chi connectivity index (χ4v) is 4.87. The fourth-order valence-electron chi connectivity index (χ4n) is 4.05. The first-order valence-corrected chi connectivity index (χ1v) is 13.3. The molecule has 0 aliphatic heterocycles. The third kappa shape index (κ3) is 7.39. The summed E-state index contributed by atoms with van der Waals surface area (Å²) in [5.74, 6) is -1.96. The van der Waals surface area contributed by atoms with E-state index in [9.17, 15) is 40.3 Å². The standard InChI is InChI=1S/C28H22F7N3O4S/c1-41-22-12-18-21(13-23(22)42-2)37-26(38(25(18)40)10-9-15-3-5-16(6-4-15)27(30,31)32)43-14-24(39)36-20-8-7-17(11-19(20)29)28(33,34)35/h3-8,11-13H,9-10,14H2,1-2H3,(H,36,39). The molecule has 1 heterocycles. The number of fused-ring (bicyclic) bond motifs is 1. The van der Waals surface area contributed by atoms with Crippen molar-refractivity contribution in [2.45, 2.75) is 30.5 Å². The number of carbonyl (C=O) groups excluding carboxylic acids is 1. The molecule has 0 unspecified atom stereocenters. The van der Waals surface area contributed by atoms with Crippen LogP contribution >= 0.6 is 11.8 Å². The zero-order valence-corrected chi connectivity index (χ0v) is 23.2. The van der Waals surface area contributed by atoms with Crippen LogP contribution < -0.4 is 20.3 Å². The third-order valence-electron chi connectivity index (χ3n) is 6.23. The molecule has 1 amide bonds. The minimum Gasteiger partial charge on any atom is -0.493 e. The van der Waals surface area contributed by atoms with Crippen LogP contribution in [0.1, 0.15) is 16.7 Å². The molecule has 4 rings (SSSR count). The Balaban J connectivity index is 1.62. The van der Waals surface area contributed by atoms with Gasteiger partial charge < -0.3 is 14.8 Å². The largest absolute Gasteiger partial charge is 0.493 e. The maximum Gasteiger partial charge on any atom is 0.416 e. The van der Waals surface area contributed by atoms with Crippen LogP contribution in [0.25, 0.3) is 10.9 Å². The summed E-state index contributed by atoms with van der Waals surface area (Å²) in [5.41, 5.74) is -2.35. The maximum atomic E-state index is 14.2. The van der Waals surface area contributed by atoms with Gasteiger partial charge in [-0.2, -0.15) is 26.3 Å². The molecule has 15 heteroatoms. The summed E-state index contributed by atoms with van der Waals surface area (Å²) < 4.78 is 103. The van der Waals surface area contributed by atoms with E-state index in [-0.39, 0.29) is 46.6 Å². The number of ether oxygens (including phenoxy) is 2. The maximum absolute atomic E-state index is 14.2. The average Bonchev–Trinajstić information content (AvgIpc) is 2.95. The molecule has 3 aromatic carbocycles. The zero-order chi connectivity index (χ0) is 31.5. The second-order valence-electron chi connectivity index (χ2n) is 9.05. The zero-order valence-electron chi connectivity index (χ0n) is 22.4. The highest BCUT2D eigenvalue weighted by Crippen LogP contribution is 2.33. The van der Waals surface area contributed by atoms with Crippen molar-refractivity contribution in [3.63, 3.8) is 0 Å². The van der Waals surface area contributed by atoms with Crippen LogP contribution in [0, 0.1) is 5.82 Å². The normalized spacial score (nSPS) is 11.9. The summed E-state index contributed by atoms with van der Waals surface area (Å²) in [4.78, 5) is 30.6. The number of aryl methyl sites for hydroxylation is 1. The number of carbonyl (C=O) groups is 1. The van der Waals surface area contributed by atoms with Gasteiger partial charge >= 0.3 is 12.4 Å². The lowest BCUT2D eigenvalue weighted by Crippen LogP contribution is -2.25. The van der Waals surface area contributed by atoms with Crippen LogP contribution in [0.15, 0.2) is 64.5 Å². The quantitative estimate of drug-likeness (QED) is 0.128. The number of methoxy groups -OCH3 is 2. The Morgan fingerprint density at radius 3 is 2.09 bits per heavy atom. The Bertz CT molecular complexity index is 1700. The number of hydrogen-bond donors (Lipinski definition) is 1. The first kappa shape index (κ1) is 31.7. The summed E-state index contributed by atoms with van der Waals surface area (Å²) >= 11 is 0.798. The van der Waals surface area contributed by atoms with Gasteiger partial charge in [0.25, 0.3) is 5.56 Å². The second-order valence-corrected chi connectivity index (χ2v) is 9.99. The second kappa shape index (κ2) is 12.5. The minimum absolute atomic E-state index is 0.0288. The van der Waals surface area contributed by atoms with Gasteiger partial charge in [0.05, 0.1) is 47.7 Å². The van der Waals surface area contributed by atoms with Crippen LogP contribution in [-0.4, -0.2) is 35.4 Å². The van der Waals surface area contributed by atoms with Crippen LogP contribution in [0.4, 0.5) is 36.4 Å². The van der Waals surface area contributed by atoms with Gasteiger partial charge in [-0.1, -0.05) is 23.9 Å². The summed E-state index contributed by atoms with van der Waals surface area (Å²) in [6, 6.07) is 8.97. The van der Waals surface area contributed by atoms with Gasteiger partial charge in [-0.3, -0.25) is 14.2 Å². The third-order valence-corrected chi connectivity index (χ3v) is 7.21. The van der Waals surface area contributed by atoms with Gasteiger partial charge in [-0.25, -0.2) is 9.37 Å². The van der Waals surface area contributed by atoms with Crippen molar-refractivity contribution < 1.29 is 45.0 Å². The minimum atomic E-state index is -4.77. The van der Waals surface area contributed by atoms with Gasteiger partial charge in [0, 0.05) is 12.6 Å². The summed E-state index contributed by atoms with van der Waals surface area (Å²) in [6.45, 7) is -0.0288. The number of thioether (sulfide) groups is 1. The number of nitrogens with one attached hydrogen (secondary N) is 1. The topological polar surface area (TPSA) is 82.5 Å². The van der Waals surface area contributed by atoms with Crippen molar-refractivity contribution in [2.75, 3.05) is 25.3 Å². The molecule has 1 N–H and O–H groups in total. The van der Waals surface area contributed by atoms with Gasteiger partial charge in [0.15, 0.2) is 16.7 Å². The molecule has 7 nitrogen and oxygen atoms in total. The highest BCUT2D eigenvalue weighted by atomic mass is 32.2. The van der Waals surface area contributed by atoms with E-state index < -0.39 is 52.2 Å².